The van der Waals surface area contributed by atoms with Crippen molar-refractivity contribution in [1.82, 2.24) is 0 Å². The minimum atomic E-state index is -1.43. The predicted molar refractivity (Wildman–Crippen MR) is 120 cm³/mol. The zero-order valence-electron chi connectivity index (χ0n) is 18.5. The Morgan fingerprint density at radius 3 is 2.24 bits per heavy atom. The Balaban J connectivity index is 1.39. The van der Waals surface area contributed by atoms with E-state index in [1.54, 1.807) is 6.07 Å². The van der Waals surface area contributed by atoms with Crippen molar-refractivity contribution in [2.24, 2.45) is 17.8 Å². The van der Waals surface area contributed by atoms with Crippen LogP contribution in [0.25, 0.3) is 0 Å². The molecule has 2 aliphatic rings. The van der Waals surface area contributed by atoms with Gasteiger partial charge in [-0.25, -0.2) is 8.78 Å². The average molecular weight is 423 g/mol. The van der Waals surface area contributed by atoms with Gasteiger partial charge in [-0.05, 0) is 79.3 Å². The van der Waals surface area contributed by atoms with E-state index in [0.29, 0.717) is 0 Å². The number of rotatable bonds is 9. The second-order valence-corrected chi connectivity index (χ2v) is 14.0. The fourth-order valence-corrected chi connectivity index (χ4v) is 9.96. The molecule has 0 radical (unpaired) electrons. The molecule has 1 saturated carbocycles. The number of benzene rings is 1. The summed E-state index contributed by atoms with van der Waals surface area (Å²) in [5.74, 6) is 1.13. The van der Waals surface area contributed by atoms with Crippen LogP contribution in [0.4, 0.5) is 8.78 Å². The van der Waals surface area contributed by atoms with Gasteiger partial charge in [0.1, 0.15) is 0 Å². The summed E-state index contributed by atoms with van der Waals surface area (Å²) in [7, 11) is 0.554. The van der Waals surface area contributed by atoms with Crippen LogP contribution in [0.15, 0.2) is 18.2 Å². The van der Waals surface area contributed by atoms with Gasteiger partial charge in [0.05, 0.1) is 0 Å². The Labute approximate surface area is 177 Å². The molecule has 0 unspecified atom stereocenters. The zero-order valence-corrected chi connectivity index (χ0v) is 19.5. The molecule has 1 aromatic carbocycles. The van der Waals surface area contributed by atoms with E-state index in [2.05, 4.69) is 6.92 Å². The molecule has 1 saturated heterocycles. The van der Waals surface area contributed by atoms with Crippen LogP contribution in [0, 0.1) is 29.4 Å². The first kappa shape index (κ1) is 22.9. The smallest absolute Gasteiger partial charge is 0.192 e. The largest absolute Gasteiger partial charge is 0.420 e. The molecule has 3 rings (SSSR count). The predicted octanol–water partition coefficient (Wildman–Crippen LogP) is 7.90. The molecule has 1 aliphatic carbocycles. The summed E-state index contributed by atoms with van der Waals surface area (Å²) < 4.78 is 32.6. The molecular formula is C25H40F2OSi. The molecule has 0 atom stereocenters. The van der Waals surface area contributed by atoms with Gasteiger partial charge in [0.15, 0.2) is 20.0 Å². The van der Waals surface area contributed by atoms with E-state index in [4.69, 9.17) is 4.43 Å². The molecule has 2 fully saturated rings. The molecule has 0 spiro atoms. The van der Waals surface area contributed by atoms with Crippen molar-refractivity contribution in [2.45, 2.75) is 95.7 Å². The first-order valence-corrected chi connectivity index (χ1v) is 14.6. The Morgan fingerprint density at radius 2 is 1.62 bits per heavy atom. The number of halogens is 2. The maximum Gasteiger partial charge on any atom is 0.192 e. The molecule has 1 nitrogen and oxygen atoms in total. The quantitative estimate of drug-likeness (QED) is 0.290. The lowest BCUT2D eigenvalue weighted by atomic mass is 9.73. The van der Waals surface area contributed by atoms with Gasteiger partial charge in [-0.2, -0.15) is 0 Å². The lowest BCUT2D eigenvalue weighted by Crippen LogP contribution is -2.42. The first-order valence-electron chi connectivity index (χ1n) is 12.0. The minimum absolute atomic E-state index is 0.714. The maximum atomic E-state index is 13.4. The SMILES string of the molecule is CCCCC[Si]1(OC)CCC(C2CCC(CCc3ccc(F)c(F)c3)CC2)CC1. The van der Waals surface area contributed by atoms with Crippen molar-refractivity contribution in [3.8, 4) is 0 Å². The lowest BCUT2D eigenvalue weighted by Gasteiger charge is -2.42. The first-order chi connectivity index (χ1) is 14.0. The summed E-state index contributed by atoms with van der Waals surface area (Å²) in [4.78, 5) is 0. The molecule has 1 heterocycles. The van der Waals surface area contributed by atoms with Gasteiger partial charge < -0.3 is 4.43 Å². The summed E-state index contributed by atoms with van der Waals surface area (Å²) >= 11 is 0. The number of unbranched alkanes of at least 4 members (excludes halogenated alkanes) is 2. The zero-order chi connectivity index (χ0) is 20.7. The van der Waals surface area contributed by atoms with Gasteiger partial charge in [0.2, 0.25) is 0 Å². The monoisotopic (exact) mass is 422 g/mol. The molecule has 164 valence electrons. The van der Waals surface area contributed by atoms with E-state index < -0.39 is 20.0 Å². The second kappa shape index (κ2) is 11.0. The van der Waals surface area contributed by atoms with Gasteiger partial charge in [-0.1, -0.05) is 57.9 Å². The maximum absolute atomic E-state index is 13.4. The molecule has 4 heteroatoms. The Hall–Kier alpha value is -0.743. The van der Waals surface area contributed by atoms with E-state index in [1.807, 2.05) is 7.11 Å². The van der Waals surface area contributed by atoms with Crippen molar-refractivity contribution in [2.75, 3.05) is 7.11 Å². The van der Waals surface area contributed by atoms with Crippen LogP contribution in [0.2, 0.25) is 18.1 Å². The Kier molecular flexibility index (Phi) is 8.73. The Bertz CT molecular complexity index is 619. The van der Waals surface area contributed by atoms with Crippen LogP contribution >= 0.6 is 0 Å². The standard InChI is InChI=1S/C25H40F2OSi/c1-3-4-5-16-29(28-2)17-14-23(15-18-29)22-11-8-20(9-12-22)6-7-21-10-13-24(26)25(27)19-21/h10,13,19-20,22-23H,3-9,11-12,14-18H2,1-2H3. The van der Waals surface area contributed by atoms with Crippen molar-refractivity contribution in [3.05, 3.63) is 35.4 Å². The van der Waals surface area contributed by atoms with Gasteiger partial charge in [-0.15, -0.1) is 0 Å². The Morgan fingerprint density at radius 1 is 0.931 bits per heavy atom. The highest BCUT2D eigenvalue weighted by atomic mass is 28.4. The summed E-state index contributed by atoms with van der Waals surface area (Å²) in [6.45, 7) is 2.28. The fraction of sp³-hybridized carbons (Fsp3) is 0.760. The topological polar surface area (TPSA) is 9.23 Å². The summed E-state index contributed by atoms with van der Waals surface area (Å²) in [6.07, 6.45) is 14.2. The summed E-state index contributed by atoms with van der Waals surface area (Å²) in [6, 6.07) is 8.51. The molecule has 0 amide bonds. The van der Waals surface area contributed by atoms with Crippen LogP contribution in [0.3, 0.4) is 0 Å². The normalized spacial score (nSPS) is 30.4. The number of aryl methyl sites for hydroxylation is 1. The average Bonchev–Trinajstić information content (AvgIpc) is 2.76. The van der Waals surface area contributed by atoms with Crippen molar-refractivity contribution >= 4 is 8.32 Å². The van der Waals surface area contributed by atoms with Crippen LogP contribution in [-0.4, -0.2) is 15.4 Å². The highest BCUT2D eigenvalue weighted by molar-refractivity contribution is 6.73. The van der Waals surface area contributed by atoms with Crippen LogP contribution in [0.5, 0.6) is 0 Å². The van der Waals surface area contributed by atoms with E-state index >= 15 is 0 Å². The third-order valence-electron chi connectivity index (χ3n) is 7.99. The molecular weight excluding hydrogens is 382 g/mol. The van der Waals surface area contributed by atoms with Gasteiger partial charge >= 0.3 is 0 Å². The van der Waals surface area contributed by atoms with Gasteiger partial charge in [-0.3, -0.25) is 0 Å². The van der Waals surface area contributed by atoms with E-state index in [0.717, 1.165) is 36.2 Å². The molecule has 0 bridgehead atoms. The summed E-state index contributed by atoms with van der Waals surface area (Å²) in [5.41, 5.74) is 0.933. The molecule has 0 aromatic heterocycles. The minimum Gasteiger partial charge on any atom is -0.420 e. The van der Waals surface area contributed by atoms with Crippen molar-refractivity contribution in [1.29, 1.82) is 0 Å². The van der Waals surface area contributed by atoms with Crippen LogP contribution in [-0.2, 0) is 10.8 Å². The van der Waals surface area contributed by atoms with Gasteiger partial charge in [0.25, 0.3) is 0 Å². The third-order valence-corrected chi connectivity index (χ3v) is 12.5. The number of hydrogen-bond donors (Lipinski definition) is 0. The molecule has 29 heavy (non-hydrogen) atoms. The van der Waals surface area contributed by atoms with E-state index in [-0.39, 0.29) is 0 Å². The van der Waals surface area contributed by atoms with Crippen LogP contribution in [0.1, 0.15) is 76.7 Å². The van der Waals surface area contributed by atoms with E-state index in [9.17, 15) is 8.78 Å². The highest BCUT2D eigenvalue weighted by Gasteiger charge is 2.40. The van der Waals surface area contributed by atoms with Gasteiger partial charge in [0, 0.05) is 7.11 Å². The molecule has 0 N–H and O–H groups in total. The summed E-state index contributed by atoms with van der Waals surface area (Å²) in [5, 5.41) is 0. The number of hydrogen-bond acceptors (Lipinski definition) is 1. The third kappa shape index (κ3) is 6.37. The highest BCUT2D eigenvalue weighted by Crippen LogP contribution is 2.45. The van der Waals surface area contributed by atoms with Crippen molar-refractivity contribution in [3.63, 3.8) is 0 Å². The fourth-order valence-electron chi connectivity index (χ4n) is 5.91. The van der Waals surface area contributed by atoms with Crippen LogP contribution < -0.4 is 0 Å². The second-order valence-electron chi connectivity index (χ2n) is 9.75. The molecule has 1 aromatic rings. The van der Waals surface area contributed by atoms with E-state index in [1.165, 1.54) is 88.1 Å². The lowest BCUT2D eigenvalue weighted by molar-refractivity contribution is 0.180. The van der Waals surface area contributed by atoms with Crippen molar-refractivity contribution < 1.29 is 13.2 Å². The molecule has 1 aliphatic heterocycles.